The largest absolute Gasteiger partial charge is 0.463 e. The summed E-state index contributed by atoms with van der Waals surface area (Å²) in [5.74, 6) is 0.873. The zero-order valence-electron chi connectivity index (χ0n) is 24.8. The zero-order chi connectivity index (χ0) is 29.0. The molecule has 0 aliphatic carbocycles. The number of benzene rings is 5. The maximum absolute atomic E-state index is 6.22. The number of aryl methyl sites for hydroxylation is 2. The van der Waals surface area contributed by atoms with Crippen LogP contribution >= 0.6 is 0 Å². The van der Waals surface area contributed by atoms with Crippen molar-refractivity contribution >= 4 is 22.0 Å². The molecule has 3 heteroatoms. The van der Waals surface area contributed by atoms with Gasteiger partial charge in [0.15, 0.2) is 0 Å². The minimum absolute atomic E-state index is 0.0404. The summed E-state index contributed by atoms with van der Waals surface area (Å²) in [4.78, 5) is 5.28. The first kappa shape index (κ1) is 26.0. The van der Waals surface area contributed by atoms with Crippen molar-refractivity contribution in [1.82, 2.24) is 9.55 Å². The Morgan fingerprint density at radius 1 is 0.667 bits per heavy atom. The molecule has 0 saturated heterocycles. The second-order valence-corrected chi connectivity index (χ2v) is 12.3. The minimum atomic E-state index is -0.0404. The number of nitrogens with zero attached hydrogens (tertiary/aromatic N) is 2. The Balaban J connectivity index is 1.67. The fourth-order valence-electron chi connectivity index (χ4n) is 6.08. The van der Waals surface area contributed by atoms with Crippen molar-refractivity contribution in [1.29, 1.82) is 0 Å². The predicted molar refractivity (Wildman–Crippen MR) is 175 cm³/mol. The van der Waals surface area contributed by atoms with E-state index in [1.165, 1.54) is 33.4 Å². The molecule has 42 heavy (non-hydrogen) atoms. The van der Waals surface area contributed by atoms with Crippen LogP contribution in [0.25, 0.3) is 61.3 Å². The van der Waals surface area contributed by atoms with Gasteiger partial charge in [-0.3, -0.25) is 4.57 Å². The van der Waals surface area contributed by atoms with Gasteiger partial charge in [-0.15, -0.1) is 0 Å². The van der Waals surface area contributed by atoms with Crippen LogP contribution in [0.3, 0.4) is 0 Å². The Morgan fingerprint density at radius 3 is 1.88 bits per heavy atom. The summed E-state index contributed by atoms with van der Waals surface area (Å²) in [6, 6.07) is 39.0. The van der Waals surface area contributed by atoms with Crippen LogP contribution in [0.5, 0.6) is 0 Å². The van der Waals surface area contributed by atoms with Crippen LogP contribution in [0.15, 0.2) is 120 Å². The maximum atomic E-state index is 6.22. The summed E-state index contributed by atoms with van der Waals surface area (Å²) in [5, 5.41) is 1.08. The molecule has 206 valence electrons. The first-order valence-electron chi connectivity index (χ1n) is 14.6. The predicted octanol–water partition coefficient (Wildman–Crippen LogP) is 10.7. The van der Waals surface area contributed by atoms with E-state index in [9.17, 15) is 0 Å². The lowest BCUT2D eigenvalue weighted by Gasteiger charge is -2.26. The van der Waals surface area contributed by atoms with E-state index in [-0.39, 0.29) is 5.41 Å². The van der Waals surface area contributed by atoms with Crippen molar-refractivity contribution in [2.45, 2.75) is 40.0 Å². The van der Waals surface area contributed by atoms with Crippen LogP contribution in [-0.2, 0) is 5.41 Å². The summed E-state index contributed by atoms with van der Waals surface area (Å²) in [6.07, 6.45) is 1.88. The lowest BCUT2D eigenvalue weighted by Crippen LogP contribution is -2.13. The molecule has 0 unspecified atom stereocenters. The zero-order valence-corrected chi connectivity index (χ0v) is 24.8. The minimum Gasteiger partial charge on any atom is -0.463 e. The topological polar surface area (TPSA) is 31.0 Å². The Labute approximate surface area is 247 Å². The molecular weight excluding hydrogens is 512 g/mol. The Morgan fingerprint density at radius 2 is 1.26 bits per heavy atom. The molecule has 0 saturated carbocycles. The van der Waals surface area contributed by atoms with Gasteiger partial charge in [-0.2, -0.15) is 0 Å². The van der Waals surface area contributed by atoms with Gasteiger partial charge in [-0.25, -0.2) is 4.98 Å². The molecule has 3 nitrogen and oxygen atoms in total. The van der Waals surface area contributed by atoms with Crippen LogP contribution in [0.2, 0.25) is 0 Å². The van der Waals surface area contributed by atoms with Gasteiger partial charge in [0.1, 0.15) is 17.7 Å². The number of imidazole rings is 1. The van der Waals surface area contributed by atoms with Gasteiger partial charge in [0.05, 0.1) is 22.3 Å². The van der Waals surface area contributed by atoms with Crippen molar-refractivity contribution in [3.8, 4) is 39.3 Å². The molecule has 2 heterocycles. The lowest BCUT2D eigenvalue weighted by molar-refractivity contribution is 0.590. The molecule has 0 amide bonds. The third-order valence-electron chi connectivity index (χ3n) is 8.17. The van der Waals surface area contributed by atoms with Gasteiger partial charge in [0.2, 0.25) is 0 Å². The van der Waals surface area contributed by atoms with Crippen molar-refractivity contribution in [3.63, 3.8) is 0 Å². The van der Waals surface area contributed by atoms with Gasteiger partial charge in [-0.05, 0) is 77.4 Å². The third-order valence-corrected chi connectivity index (χ3v) is 8.17. The van der Waals surface area contributed by atoms with E-state index < -0.39 is 0 Å². The number of para-hydroxylation sites is 2. The molecule has 0 aliphatic heterocycles. The highest BCUT2D eigenvalue weighted by molar-refractivity contribution is 5.99. The van der Waals surface area contributed by atoms with Crippen LogP contribution in [0.1, 0.15) is 37.5 Å². The molecule has 0 aliphatic rings. The average Bonchev–Trinajstić information content (AvgIpc) is 3.58. The fourth-order valence-corrected chi connectivity index (χ4v) is 6.08. The van der Waals surface area contributed by atoms with Gasteiger partial charge < -0.3 is 4.42 Å². The second-order valence-electron chi connectivity index (χ2n) is 12.3. The first-order valence-corrected chi connectivity index (χ1v) is 14.6. The van der Waals surface area contributed by atoms with Crippen LogP contribution in [0, 0.1) is 13.8 Å². The monoisotopic (exact) mass is 546 g/mol. The highest BCUT2D eigenvalue weighted by Crippen LogP contribution is 2.44. The Kier molecular flexibility index (Phi) is 6.13. The highest BCUT2D eigenvalue weighted by Gasteiger charge is 2.26. The van der Waals surface area contributed by atoms with Crippen molar-refractivity contribution in [3.05, 3.63) is 132 Å². The molecule has 0 N–H and O–H groups in total. The highest BCUT2D eigenvalue weighted by atomic mass is 16.3. The molecule has 0 radical (unpaired) electrons. The van der Waals surface area contributed by atoms with E-state index >= 15 is 0 Å². The lowest BCUT2D eigenvalue weighted by atomic mass is 9.82. The fraction of sp³-hybridized carbons (Fsp3) is 0.154. The van der Waals surface area contributed by atoms with E-state index in [1.807, 2.05) is 6.26 Å². The summed E-state index contributed by atoms with van der Waals surface area (Å²) >= 11 is 0. The molecule has 0 fully saturated rings. The third kappa shape index (κ3) is 4.33. The van der Waals surface area contributed by atoms with Crippen LogP contribution < -0.4 is 0 Å². The summed E-state index contributed by atoms with van der Waals surface area (Å²) in [5.41, 5.74) is 13.3. The molecular formula is C39H34N2O. The maximum Gasteiger partial charge on any atom is 0.149 e. The van der Waals surface area contributed by atoms with Crippen molar-refractivity contribution in [2.75, 3.05) is 0 Å². The number of hydrogen-bond acceptors (Lipinski definition) is 2. The molecule has 0 bridgehead atoms. The quantitative estimate of drug-likeness (QED) is 0.220. The van der Waals surface area contributed by atoms with Gasteiger partial charge in [-0.1, -0.05) is 99.6 Å². The SMILES string of the molecule is Cc1cc(C)c2occ(-c3nc4ccccc4n3-c3c(-c4ccccc4)cc(C(C)(C)C)cc3-c3ccccc3)c2c1. The Hall–Kier alpha value is -4.89. The summed E-state index contributed by atoms with van der Waals surface area (Å²) < 4.78 is 8.57. The molecule has 0 atom stereocenters. The normalized spacial score (nSPS) is 11.9. The molecule has 0 spiro atoms. The smallest absolute Gasteiger partial charge is 0.149 e. The van der Waals surface area contributed by atoms with Crippen molar-refractivity contribution < 1.29 is 4.42 Å². The molecule has 2 aromatic heterocycles. The number of aromatic nitrogens is 2. The molecule has 7 aromatic rings. The average molecular weight is 547 g/mol. The van der Waals surface area contributed by atoms with E-state index in [2.05, 4.69) is 148 Å². The Bertz CT molecular complexity index is 2010. The number of rotatable bonds is 4. The van der Waals surface area contributed by atoms with Gasteiger partial charge in [0, 0.05) is 16.5 Å². The van der Waals surface area contributed by atoms with Gasteiger partial charge >= 0.3 is 0 Å². The summed E-state index contributed by atoms with van der Waals surface area (Å²) in [6.45, 7) is 11.1. The van der Waals surface area contributed by atoms with E-state index in [1.54, 1.807) is 0 Å². The van der Waals surface area contributed by atoms with E-state index in [0.29, 0.717) is 0 Å². The number of hydrogen-bond donors (Lipinski definition) is 0. The first-order chi connectivity index (χ1) is 20.3. The second kappa shape index (κ2) is 9.88. The van der Waals surface area contributed by atoms with Crippen LogP contribution in [-0.4, -0.2) is 9.55 Å². The summed E-state index contributed by atoms with van der Waals surface area (Å²) in [7, 11) is 0. The molecule has 7 rings (SSSR count). The standard InChI is InChI=1S/C39H34N2O/c1-25-20-26(2)37-32(21-25)33(24-42-37)38-40-34-18-12-13-19-35(34)41(38)36-30(27-14-8-6-9-15-27)22-29(39(3,4)5)23-31(36)28-16-10-7-11-17-28/h6-24H,1-5H3. The van der Waals surface area contributed by atoms with E-state index in [0.717, 1.165) is 44.6 Å². The van der Waals surface area contributed by atoms with Gasteiger partial charge in [0.25, 0.3) is 0 Å². The van der Waals surface area contributed by atoms with E-state index in [4.69, 9.17) is 9.40 Å². The van der Waals surface area contributed by atoms with Crippen molar-refractivity contribution in [2.24, 2.45) is 0 Å². The molecule has 5 aromatic carbocycles. The number of fused-ring (bicyclic) bond motifs is 2. The van der Waals surface area contributed by atoms with Crippen LogP contribution in [0.4, 0.5) is 0 Å². The number of furan rings is 1.